The minimum atomic E-state index is -1.12. The van der Waals surface area contributed by atoms with Crippen LogP contribution in [-0.4, -0.2) is 23.0 Å². The summed E-state index contributed by atoms with van der Waals surface area (Å²) >= 11 is 6.12. The molecule has 0 radical (unpaired) electrons. The molecule has 0 aromatic heterocycles. The third-order valence-electron chi connectivity index (χ3n) is 5.84. The summed E-state index contributed by atoms with van der Waals surface area (Å²) in [4.78, 5) is 23.7. The van der Waals surface area contributed by atoms with Crippen molar-refractivity contribution in [2.45, 2.75) is 46.7 Å². The molecule has 2 atom stereocenters. The Balaban J connectivity index is 1.91. The van der Waals surface area contributed by atoms with Crippen LogP contribution in [0.15, 0.2) is 48.5 Å². The number of carbonyl (C=O) groups excluding carboxylic acids is 1. The van der Waals surface area contributed by atoms with Gasteiger partial charge in [-0.15, -0.1) is 0 Å². The first-order chi connectivity index (χ1) is 16.0. The lowest BCUT2D eigenvalue weighted by atomic mass is 9.94. The van der Waals surface area contributed by atoms with E-state index in [9.17, 15) is 9.59 Å². The predicted octanol–water partition coefficient (Wildman–Crippen LogP) is 6.45. The number of aliphatic carboxylic acids is 1. The molecule has 0 spiro atoms. The topological polar surface area (TPSA) is 78.4 Å². The molecule has 178 valence electrons. The highest BCUT2D eigenvalue weighted by atomic mass is 35.5. The quantitative estimate of drug-likeness (QED) is 0.361. The van der Waals surface area contributed by atoms with Gasteiger partial charge in [-0.1, -0.05) is 48.0 Å². The number of anilines is 1. The van der Waals surface area contributed by atoms with Crippen molar-refractivity contribution in [3.05, 3.63) is 87.2 Å². The second-order valence-corrected chi connectivity index (χ2v) is 8.97. The van der Waals surface area contributed by atoms with Crippen molar-refractivity contribution in [3.63, 3.8) is 0 Å². The number of benzene rings is 3. The molecule has 3 aromatic rings. The van der Waals surface area contributed by atoms with Gasteiger partial charge < -0.3 is 15.7 Å². The average Bonchev–Trinajstić information content (AvgIpc) is 2.76. The van der Waals surface area contributed by atoms with Gasteiger partial charge >= 0.3 is 5.97 Å². The van der Waals surface area contributed by atoms with Crippen LogP contribution in [0.25, 0.3) is 11.1 Å². The van der Waals surface area contributed by atoms with E-state index in [2.05, 4.69) is 10.6 Å². The summed E-state index contributed by atoms with van der Waals surface area (Å²) in [5.41, 5.74) is 5.00. The number of aryl methyl sites for hydroxylation is 3. The molecule has 0 aliphatic heterocycles. The molecule has 34 heavy (non-hydrogen) atoms. The molecule has 0 aliphatic rings. The van der Waals surface area contributed by atoms with Gasteiger partial charge in [0.25, 0.3) is 5.91 Å². The van der Waals surface area contributed by atoms with Gasteiger partial charge in [-0.25, -0.2) is 4.39 Å². The second kappa shape index (κ2) is 10.3. The third-order valence-corrected chi connectivity index (χ3v) is 6.27. The van der Waals surface area contributed by atoms with Crippen LogP contribution in [-0.2, 0) is 4.79 Å². The van der Waals surface area contributed by atoms with E-state index >= 15 is 4.39 Å². The van der Waals surface area contributed by atoms with E-state index in [1.165, 1.54) is 6.92 Å². The molecule has 0 fully saturated rings. The molecule has 0 heterocycles. The molecule has 3 N–H and O–H groups in total. The number of hydrogen-bond donors (Lipinski definition) is 3. The Hall–Kier alpha value is -3.38. The minimum absolute atomic E-state index is 0.147. The Morgan fingerprint density at radius 3 is 2.21 bits per heavy atom. The van der Waals surface area contributed by atoms with E-state index in [1.54, 1.807) is 44.2 Å². The SMILES string of the molecule is Cc1cc(C(C)Nc2cccc(-c3cc(C)c(C(=O)NC(C)C(=O)O)c(C)c3)c2F)ccc1Cl. The van der Waals surface area contributed by atoms with Crippen LogP contribution < -0.4 is 10.6 Å². The van der Waals surface area contributed by atoms with Gasteiger partial charge in [0.05, 0.1) is 5.69 Å². The normalized spacial score (nSPS) is 12.7. The monoisotopic (exact) mass is 482 g/mol. The van der Waals surface area contributed by atoms with Crippen molar-refractivity contribution in [1.82, 2.24) is 5.32 Å². The lowest BCUT2D eigenvalue weighted by Gasteiger charge is -2.19. The highest BCUT2D eigenvalue weighted by molar-refractivity contribution is 6.31. The maximum absolute atomic E-state index is 15.5. The van der Waals surface area contributed by atoms with E-state index in [-0.39, 0.29) is 6.04 Å². The highest BCUT2D eigenvalue weighted by Gasteiger charge is 2.20. The van der Waals surface area contributed by atoms with E-state index in [0.29, 0.717) is 38.5 Å². The Kier molecular flexibility index (Phi) is 7.62. The number of amides is 1. The van der Waals surface area contributed by atoms with Crippen LogP contribution in [0.2, 0.25) is 5.02 Å². The molecule has 5 nitrogen and oxygen atoms in total. The number of carbonyl (C=O) groups is 2. The maximum Gasteiger partial charge on any atom is 0.325 e. The minimum Gasteiger partial charge on any atom is -0.480 e. The van der Waals surface area contributed by atoms with Crippen molar-refractivity contribution in [2.75, 3.05) is 5.32 Å². The molecule has 0 aliphatic carbocycles. The first kappa shape index (κ1) is 25.2. The summed E-state index contributed by atoms with van der Waals surface area (Å²) in [6.07, 6.45) is 0. The van der Waals surface area contributed by atoms with Gasteiger partial charge in [-0.3, -0.25) is 9.59 Å². The van der Waals surface area contributed by atoms with Crippen molar-refractivity contribution in [1.29, 1.82) is 0 Å². The van der Waals surface area contributed by atoms with Crippen molar-refractivity contribution >= 4 is 29.2 Å². The van der Waals surface area contributed by atoms with Crippen LogP contribution in [0, 0.1) is 26.6 Å². The zero-order chi connectivity index (χ0) is 25.2. The van der Waals surface area contributed by atoms with Crippen LogP contribution in [0.1, 0.15) is 52.5 Å². The molecular weight excluding hydrogens is 455 g/mol. The first-order valence-corrected chi connectivity index (χ1v) is 11.3. The molecule has 0 bridgehead atoms. The van der Waals surface area contributed by atoms with E-state index in [1.807, 2.05) is 32.0 Å². The fourth-order valence-corrected chi connectivity index (χ4v) is 4.05. The van der Waals surface area contributed by atoms with E-state index in [0.717, 1.165) is 11.1 Å². The van der Waals surface area contributed by atoms with Gasteiger partial charge in [-0.2, -0.15) is 0 Å². The zero-order valence-corrected chi connectivity index (χ0v) is 20.5. The molecule has 2 unspecified atom stereocenters. The first-order valence-electron chi connectivity index (χ1n) is 11.0. The third kappa shape index (κ3) is 5.39. The smallest absolute Gasteiger partial charge is 0.325 e. The van der Waals surface area contributed by atoms with Crippen LogP contribution in [0.5, 0.6) is 0 Å². The number of hydrogen-bond acceptors (Lipinski definition) is 3. The lowest BCUT2D eigenvalue weighted by Crippen LogP contribution is -2.38. The Morgan fingerprint density at radius 2 is 1.62 bits per heavy atom. The predicted molar refractivity (Wildman–Crippen MR) is 134 cm³/mol. The summed E-state index contributed by atoms with van der Waals surface area (Å²) in [7, 11) is 0. The number of carboxylic acid groups (broad SMARTS) is 1. The Morgan fingerprint density at radius 1 is 0.971 bits per heavy atom. The fraction of sp³-hybridized carbons (Fsp3) is 0.259. The molecular formula is C27H28ClFN2O3. The Labute approximate surface area is 204 Å². The summed E-state index contributed by atoms with van der Waals surface area (Å²) in [5.74, 6) is -1.98. The molecule has 0 saturated carbocycles. The number of rotatable bonds is 7. The molecule has 1 amide bonds. The summed E-state index contributed by atoms with van der Waals surface area (Å²) in [6.45, 7) is 8.79. The maximum atomic E-state index is 15.5. The van der Waals surface area contributed by atoms with Crippen LogP contribution in [0.3, 0.4) is 0 Å². The highest BCUT2D eigenvalue weighted by Crippen LogP contribution is 2.32. The summed E-state index contributed by atoms with van der Waals surface area (Å²) in [5, 5.41) is 15.5. The zero-order valence-electron chi connectivity index (χ0n) is 19.8. The van der Waals surface area contributed by atoms with Crippen LogP contribution in [0.4, 0.5) is 10.1 Å². The number of carboxylic acids is 1. The summed E-state index contributed by atoms with van der Waals surface area (Å²) < 4.78 is 15.5. The molecule has 7 heteroatoms. The van der Waals surface area contributed by atoms with Gasteiger partial charge in [0.15, 0.2) is 5.82 Å². The fourth-order valence-electron chi connectivity index (χ4n) is 3.93. The summed E-state index contributed by atoms with van der Waals surface area (Å²) in [6, 6.07) is 13.2. The second-order valence-electron chi connectivity index (χ2n) is 8.56. The van der Waals surface area contributed by atoms with Gasteiger partial charge in [0.1, 0.15) is 6.04 Å². The van der Waals surface area contributed by atoms with Crippen molar-refractivity contribution in [3.8, 4) is 11.1 Å². The van der Waals surface area contributed by atoms with E-state index < -0.39 is 23.7 Å². The number of nitrogens with one attached hydrogen (secondary N) is 2. The molecule has 3 aromatic carbocycles. The van der Waals surface area contributed by atoms with Crippen molar-refractivity contribution in [2.24, 2.45) is 0 Å². The molecule has 3 rings (SSSR count). The van der Waals surface area contributed by atoms with Crippen molar-refractivity contribution < 1.29 is 19.1 Å². The van der Waals surface area contributed by atoms with Gasteiger partial charge in [-0.05, 0) is 74.6 Å². The van der Waals surface area contributed by atoms with Crippen LogP contribution >= 0.6 is 11.6 Å². The lowest BCUT2D eigenvalue weighted by molar-refractivity contribution is -0.138. The standard InChI is InChI=1S/C27H28ClFN2O3/c1-14-11-19(9-10-22(14)28)17(4)30-23-8-6-7-21(25(23)29)20-12-15(2)24(16(3)13-20)26(32)31-18(5)27(33)34/h6-13,17-18,30H,1-5H3,(H,31,32)(H,33,34). The molecule has 0 saturated heterocycles. The number of halogens is 2. The Bertz CT molecular complexity index is 1240. The van der Waals surface area contributed by atoms with Gasteiger partial charge in [0.2, 0.25) is 0 Å². The van der Waals surface area contributed by atoms with Gasteiger partial charge in [0, 0.05) is 22.2 Å². The van der Waals surface area contributed by atoms with E-state index in [4.69, 9.17) is 16.7 Å². The largest absolute Gasteiger partial charge is 0.480 e. The average molecular weight is 483 g/mol.